The molecule has 0 radical (unpaired) electrons. The quantitative estimate of drug-likeness (QED) is 0.103. The Hall–Kier alpha value is -2.78. The van der Waals surface area contributed by atoms with Gasteiger partial charge in [-0.2, -0.15) is 0 Å². The molecule has 0 N–H and O–H groups in total. The largest absolute Gasteiger partial charge is 1.00 e. The Labute approximate surface area is 361 Å². The van der Waals surface area contributed by atoms with Gasteiger partial charge in [-0.25, -0.2) is 0 Å². The van der Waals surface area contributed by atoms with E-state index in [0.717, 1.165) is 25.7 Å². The van der Waals surface area contributed by atoms with Crippen LogP contribution in [0.5, 0.6) is 0 Å². The molecule has 280 valence electrons. The van der Waals surface area contributed by atoms with Crippen LogP contribution in [0.3, 0.4) is 0 Å². The Morgan fingerprint density at radius 2 is 0.855 bits per heavy atom. The summed E-state index contributed by atoms with van der Waals surface area (Å²) in [4.78, 5) is 5.98. The molecule has 55 heavy (non-hydrogen) atoms. The zero-order valence-electron chi connectivity index (χ0n) is 32.4. The maximum absolute atomic E-state index is 2.61. The fourth-order valence-corrected chi connectivity index (χ4v) is 16.2. The van der Waals surface area contributed by atoms with E-state index in [2.05, 4.69) is 149 Å². The van der Waals surface area contributed by atoms with Crippen LogP contribution in [0.25, 0.3) is 45.6 Å². The molecule has 0 saturated carbocycles. The third kappa shape index (κ3) is 8.73. The van der Waals surface area contributed by atoms with Gasteiger partial charge in [0.15, 0.2) is 0 Å². The number of hydrogen-bond donors (Lipinski definition) is 0. The maximum Gasteiger partial charge on any atom is -1.00 e. The van der Waals surface area contributed by atoms with Gasteiger partial charge in [0, 0.05) is 0 Å². The van der Waals surface area contributed by atoms with E-state index in [1.807, 2.05) is 22.7 Å². The van der Waals surface area contributed by atoms with Crippen molar-refractivity contribution in [1.29, 1.82) is 0 Å². The van der Waals surface area contributed by atoms with E-state index in [9.17, 15) is 0 Å². The van der Waals surface area contributed by atoms with Crippen LogP contribution >= 0.6 is 22.7 Å². The van der Waals surface area contributed by atoms with Gasteiger partial charge in [0.25, 0.3) is 0 Å². The minimum Gasteiger partial charge on any atom is -1.00 e. The normalized spacial score (nSPS) is 15.3. The van der Waals surface area contributed by atoms with Gasteiger partial charge in [0.05, 0.1) is 0 Å². The van der Waals surface area contributed by atoms with E-state index in [1.165, 1.54) is 89.7 Å². The van der Waals surface area contributed by atoms with Gasteiger partial charge in [-0.15, -0.1) is 0 Å². The second kappa shape index (κ2) is 19.1. The molecule has 2 heterocycles. The maximum atomic E-state index is 2.61. The number of allylic oxidation sites excluding steroid dienone is 2. The van der Waals surface area contributed by atoms with Crippen LogP contribution in [0.2, 0.25) is 0 Å². The van der Waals surface area contributed by atoms with Crippen molar-refractivity contribution in [1.82, 2.24) is 0 Å². The molecule has 2 atom stereocenters. The number of thiophene rings is 2. The molecule has 0 spiro atoms. The number of fused-ring (bicyclic) bond motifs is 2. The third-order valence-electron chi connectivity index (χ3n) is 10.9. The molecule has 0 saturated heterocycles. The fraction of sp³-hybridized carbons (Fsp3) is 0.280. The predicted molar refractivity (Wildman–Crippen MR) is 230 cm³/mol. The van der Waals surface area contributed by atoms with Gasteiger partial charge in [-0.1, -0.05) is 0 Å². The van der Waals surface area contributed by atoms with E-state index in [1.54, 1.807) is 22.3 Å². The first-order chi connectivity index (χ1) is 26.1. The van der Waals surface area contributed by atoms with Crippen molar-refractivity contribution in [2.24, 2.45) is 0 Å². The number of halogens is 2. The molecule has 0 aliphatic heterocycles. The van der Waals surface area contributed by atoms with Crippen LogP contribution < -0.4 is 24.8 Å². The van der Waals surface area contributed by atoms with Crippen LogP contribution in [-0.2, 0) is 48.9 Å². The summed E-state index contributed by atoms with van der Waals surface area (Å²) in [6, 6.07) is 42.8. The monoisotopic (exact) mass is 874 g/mol. The second-order valence-corrected chi connectivity index (χ2v) is 20.8. The van der Waals surface area contributed by atoms with Gasteiger partial charge in [0.2, 0.25) is 0 Å². The zero-order valence-corrected chi connectivity index (χ0v) is 38.0. The van der Waals surface area contributed by atoms with Gasteiger partial charge in [-0.05, 0) is 0 Å². The Balaban J connectivity index is 0.00000257. The minimum absolute atomic E-state index is 0. The summed E-state index contributed by atoms with van der Waals surface area (Å²) in [7, 11) is 0. The molecule has 5 heteroatoms. The summed E-state index contributed by atoms with van der Waals surface area (Å²) >= 11 is 2.88. The van der Waals surface area contributed by atoms with Crippen molar-refractivity contribution in [3.8, 4) is 22.3 Å². The van der Waals surface area contributed by atoms with E-state index >= 15 is 0 Å². The number of aryl methyl sites for hydroxylation is 4. The number of rotatable bonds is 14. The van der Waals surface area contributed by atoms with Crippen molar-refractivity contribution in [3.05, 3.63) is 162 Å². The summed E-state index contributed by atoms with van der Waals surface area (Å²) in [5.74, 6) is 0. The van der Waals surface area contributed by atoms with Crippen LogP contribution in [-0.4, -0.2) is 0 Å². The Morgan fingerprint density at radius 3 is 1.24 bits per heavy atom. The van der Waals surface area contributed by atoms with Crippen molar-refractivity contribution >= 4 is 46.0 Å². The average molecular weight is 877 g/mol. The topological polar surface area (TPSA) is 0 Å². The first-order valence-electron chi connectivity index (χ1n) is 19.9. The molecule has 2 unspecified atom stereocenters. The predicted octanol–water partition coefficient (Wildman–Crippen LogP) is 8.93. The SMILES string of the molecule is CCCc1ccc(-c2cccc3c2C=C(c2ccc(CCC)s2)[CH]3[Zr+2][CH]2C(c3ccc(CCC)s3)=Cc3c(-c4ccc(CCC)cc4)cccc32)cc1.[Cl-].[Cl-]. The van der Waals surface area contributed by atoms with Gasteiger partial charge >= 0.3 is 340 Å². The molecule has 0 fully saturated rings. The molecular weight excluding hydrogens is 827 g/mol. The van der Waals surface area contributed by atoms with Crippen molar-refractivity contribution < 1.29 is 48.0 Å². The smallest absolute Gasteiger partial charge is 1.00 e. The molecule has 0 nitrogen and oxygen atoms in total. The van der Waals surface area contributed by atoms with Crippen LogP contribution in [0.4, 0.5) is 0 Å². The van der Waals surface area contributed by atoms with Gasteiger partial charge < -0.3 is 24.8 Å². The number of hydrogen-bond acceptors (Lipinski definition) is 2. The van der Waals surface area contributed by atoms with E-state index in [-0.39, 0.29) is 24.8 Å². The standard InChI is InChI=1S/2C25H25S.2ClH.Zr/c2*1-3-6-18-10-12-19(13-11-18)23-9-5-8-20-16-21(17-24(20)23)25-15-14-22(26-25)7-4-2;;;/h2*5,8-17H,3-4,6-7H2,1-2H3;2*1H;/q;;;;+2/p-2. The summed E-state index contributed by atoms with van der Waals surface area (Å²) in [6.45, 7) is 9.14. The fourth-order valence-electron chi connectivity index (χ4n) is 8.37. The average Bonchev–Trinajstić information content (AvgIpc) is 3.99. The molecule has 0 amide bonds. The van der Waals surface area contributed by atoms with Crippen molar-refractivity contribution in [2.45, 2.75) is 86.3 Å². The first kappa shape index (κ1) is 41.8. The van der Waals surface area contributed by atoms with E-state index < -0.39 is 23.2 Å². The second-order valence-electron chi connectivity index (χ2n) is 14.8. The molecule has 8 rings (SSSR count). The Morgan fingerprint density at radius 1 is 0.455 bits per heavy atom. The minimum atomic E-state index is -1.19. The molecule has 2 aromatic heterocycles. The van der Waals surface area contributed by atoms with Gasteiger partial charge in [0.1, 0.15) is 0 Å². The Kier molecular flexibility index (Phi) is 14.5. The summed E-state index contributed by atoms with van der Waals surface area (Å²) < 4.78 is 0.958. The first-order valence-corrected chi connectivity index (χ1v) is 24.4. The third-order valence-corrected chi connectivity index (χ3v) is 18.0. The van der Waals surface area contributed by atoms with Crippen LogP contribution in [0.15, 0.2) is 109 Å². The van der Waals surface area contributed by atoms with Crippen molar-refractivity contribution in [2.75, 3.05) is 0 Å². The van der Waals surface area contributed by atoms with Crippen molar-refractivity contribution in [3.63, 3.8) is 0 Å². The molecule has 2 aliphatic rings. The van der Waals surface area contributed by atoms with Crippen LogP contribution in [0, 0.1) is 0 Å². The molecule has 2 aliphatic carbocycles. The van der Waals surface area contributed by atoms with E-state index in [0.29, 0.717) is 7.25 Å². The van der Waals surface area contributed by atoms with Gasteiger partial charge in [-0.3, -0.25) is 0 Å². The molecule has 4 aromatic carbocycles. The van der Waals surface area contributed by atoms with Crippen LogP contribution in [0.1, 0.15) is 114 Å². The zero-order chi connectivity index (χ0) is 36.3. The number of benzene rings is 4. The summed E-state index contributed by atoms with van der Waals surface area (Å²) in [5, 5.41) is 0. The Bertz CT molecular complexity index is 2110. The summed E-state index contributed by atoms with van der Waals surface area (Å²) in [6.07, 6.45) is 14.6. The molecule has 0 bridgehead atoms. The van der Waals surface area contributed by atoms with E-state index in [4.69, 9.17) is 0 Å². The molecule has 6 aromatic rings. The summed E-state index contributed by atoms with van der Waals surface area (Å²) in [5.41, 5.74) is 17.5. The molecular formula is C50H50Cl2S2Zr.